The lowest BCUT2D eigenvalue weighted by atomic mass is 9.90. The highest BCUT2D eigenvalue weighted by atomic mass is 32.2. The lowest BCUT2D eigenvalue weighted by Gasteiger charge is -2.31. The lowest BCUT2D eigenvalue weighted by Crippen LogP contribution is -2.37. The van der Waals surface area contributed by atoms with Gasteiger partial charge in [-0.1, -0.05) is 30.3 Å². The van der Waals surface area contributed by atoms with Crippen LogP contribution < -0.4 is 9.47 Å². The molecular formula is C30H33N3O6S. The van der Waals surface area contributed by atoms with Crippen LogP contribution in [-0.2, 0) is 28.0 Å². The van der Waals surface area contributed by atoms with Crippen molar-refractivity contribution < 1.29 is 27.8 Å². The molecule has 40 heavy (non-hydrogen) atoms. The van der Waals surface area contributed by atoms with Crippen molar-refractivity contribution in [2.75, 3.05) is 13.1 Å². The van der Waals surface area contributed by atoms with E-state index in [4.69, 9.17) is 9.47 Å². The molecule has 0 bridgehead atoms. The van der Waals surface area contributed by atoms with Crippen molar-refractivity contribution >= 4 is 27.0 Å². The summed E-state index contributed by atoms with van der Waals surface area (Å²) in [6.07, 6.45) is 3.08. The molecule has 2 aromatic heterocycles. The number of piperidine rings is 1. The molecule has 0 unspecified atom stereocenters. The Morgan fingerprint density at radius 2 is 1.73 bits per heavy atom. The molecule has 3 heterocycles. The van der Waals surface area contributed by atoms with Crippen molar-refractivity contribution in [3.05, 3.63) is 84.1 Å². The number of hydrogen-bond acceptors (Lipinski definition) is 6. The number of hydrogen-bond donors (Lipinski definition) is 1. The summed E-state index contributed by atoms with van der Waals surface area (Å²) in [5.41, 5.74) is 2.53. The molecule has 1 aliphatic rings. The number of rotatable bonds is 10. The average molecular weight is 564 g/mol. The quantitative estimate of drug-likeness (QED) is 0.287. The number of nitrogens with zero attached hydrogens (tertiary/aromatic N) is 3. The fraction of sp³-hybridized carbons (Fsp3) is 0.333. The molecule has 0 atom stereocenters. The van der Waals surface area contributed by atoms with Crippen LogP contribution in [0.15, 0.2) is 77.8 Å². The number of carboxylic acids is 1. The first-order chi connectivity index (χ1) is 19.2. The van der Waals surface area contributed by atoms with Crippen molar-refractivity contribution in [2.45, 2.75) is 56.8 Å². The first-order valence-electron chi connectivity index (χ1n) is 13.4. The Hall–Kier alpha value is -3.89. The minimum atomic E-state index is -3.63. The van der Waals surface area contributed by atoms with Gasteiger partial charge in [-0.3, -0.25) is 4.79 Å². The Morgan fingerprint density at radius 3 is 2.38 bits per heavy atom. The molecule has 1 saturated heterocycles. The van der Waals surface area contributed by atoms with Crippen LogP contribution in [0.25, 0.3) is 11.0 Å². The molecule has 2 aromatic carbocycles. The number of ether oxygens (including phenoxy) is 2. The Kier molecular flexibility index (Phi) is 8.09. The summed E-state index contributed by atoms with van der Waals surface area (Å²) in [4.78, 5) is 16.5. The van der Waals surface area contributed by atoms with Crippen molar-refractivity contribution in [3.8, 4) is 11.6 Å². The van der Waals surface area contributed by atoms with E-state index < -0.39 is 16.0 Å². The fourth-order valence-electron chi connectivity index (χ4n) is 5.10. The second kappa shape index (κ2) is 11.7. The van der Waals surface area contributed by atoms with Crippen LogP contribution in [0.2, 0.25) is 0 Å². The van der Waals surface area contributed by atoms with Crippen LogP contribution >= 0.6 is 0 Å². The Morgan fingerprint density at radius 1 is 1.02 bits per heavy atom. The summed E-state index contributed by atoms with van der Waals surface area (Å²) >= 11 is 0. The number of aliphatic carboxylic acids is 1. The first kappa shape index (κ1) is 27.7. The zero-order valence-corrected chi connectivity index (χ0v) is 23.4. The first-order valence-corrected chi connectivity index (χ1v) is 14.8. The van der Waals surface area contributed by atoms with Gasteiger partial charge in [0.2, 0.25) is 15.9 Å². The monoisotopic (exact) mass is 563 g/mol. The minimum absolute atomic E-state index is 0.00605. The largest absolute Gasteiger partial charge is 0.491 e. The summed E-state index contributed by atoms with van der Waals surface area (Å²) in [7, 11) is -3.63. The highest BCUT2D eigenvalue weighted by Gasteiger charge is 2.31. The van der Waals surface area contributed by atoms with Gasteiger partial charge in [0.25, 0.3) is 0 Å². The summed E-state index contributed by atoms with van der Waals surface area (Å²) in [5, 5.41) is 10.4. The molecular weight excluding hydrogens is 530 g/mol. The summed E-state index contributed by atoms with van der Waals surface area (Å²) in [6, 6.07) is 20.0. The molecule has 0 radical (unpaired) electrons. The molecule has 10 heteroatoms. The van der Waals surface area contributed by atoms with Crippen molar-refractivity contribution in [3.63, 3.8) is 0 Å². The van der Waals surface area contributed by atoms with Gasteiger partial charge < -0.3 is 19.1 Å². The van der Waals surface area contributed by atoms with Gasteiger partial charge in [-0.15, -0.1) is 0 Å². The van der Waals surface area contributed by atoms with E-state index in [2.05, 4.69) is 4.98 Å². The normalized spacial score (nSPS) is 15.0. The van der Waals surface area contributed by atoms with Crippen molar-refractivity contribution in [1.29, 1.82) is 0 Å². The molecule has 0 spiro atoms. The number of pyridine rings is 1. The van der Waals surface area contributed by atoms with Crippen LogP contribution in [0.3, 0.4) is 0 Å². The van der Waals surface area contributed by atoms with Gasteiger partial charge in [-0.25, -0.2) is 8.42 Å². The highest BCUT2D eigenvalue weighted by Crippen LogP contribution is 2.36. The topological polar surface area (TPSA) is 111 Å². The smallest absolute Gasteiger partial charge is 0.323 e. The molecule has 9 nitrogen and oxygen atoms in total. The molecule has 0 amide bonds. The maximum Gasteiger partial charge on any atom is 0.323 e. The second-order valence-corrected chi connectivity index (χ2v) is 12.2. The maximum absolute atomic E-state index is 13.3. The number of sulfonamides is 1. The zero-order valence-electron chi connectivity index (χ0n) is 22.6. The third kappa shape index (κ3) is 6.13. The van der Waals surface area contributed by atoms with Crippen LogP contribution in [0, 0.1) is 0 Å². The van der Waals surface area contributed by atoms with Gasteiger partial charge in [0.1, 0.15) is 24.5 Å². The van der Waals surface area contributed by atoms with Crippen LogP contribution in [0.5, 0.6) is 11.6 Å². The van der Waals surface area contributed by atoms with E-state index in [1.54, 1.807) is 34.9 Å². The van der Waals surface area contributed by atoms with E-state index in [0.717, 1.165) is 16.5 Å². The van der Waals surface area contributed by atoms with Crippen molar-refractivity contribution in [2.24, 2.45) is 0 Å². The zero-order chi connectivity index (χ0) is 28.3. The van der Waals surface area contributed by atoms with Gasteiger partial charge in [0.05, 0.1) is 11.0 Å². The van der Waals surface area contributed by atoms with E-state index >= 15 is 0 Å². The molecule has 1 fully saturated rings. The Labute approximate surface area is 234 Å². The van der Waals surface area contributed by atoms with Gasteiger partial charge in [0, 0.05) is 30.7 Å². The van der Waals surface area contributed by atoms with E-state index in [1.807, 2.05) is 56.4 Å². The molecule has 0 aliphatic carbocycles. The fourth-order valence-corrected chi connectivity index (χ4v) is 6.57. The van der Waals surface area contributed by atoms with E-state index in [0.29, 0.717) is 49.8 Å². The third-order valence-corrected chi connectivity index (χ3v) is 8.90. The minimum Gasteiger partial charge on any atom is -0.491 e. The Bertz CT molecular complexity index is 1580. The Balaban J connectivity index is 1.32. The van der Waals surface area contributed by atoms with Crippen LogP contribution in [0.1, 0.15) is 43.7 Å². The number of fused-ring (bicyclic) bond motifs is 1. The lowest BCUT2D eigenvalue weighted by molar-refractivity contribution is -0.137. The van der Waals surface area contributed by atoms with Crippen LogP contribution in [0.4, 0.5) is 0 Å². The predicted molar refractivity (Wildman–Crippen MR) is 151 cm³/mol. The highest BCUT2D eigenvalue weighted by molar-refractivity contribution is 7.89. The summed E-state index contributed by atoms with van der Waals surface area (Å²) in [6.45, 7) is 4.70. The van der Waals surface area contributed by atoms with Crippen LogP contribution in [-0.4, -0.2) is 52.5 Å². The molecule has 1 aliphatic heterocycles. The van der Waals surface area contributed by atoms with Crippen molar-refractivity contribution in [1.82, 2.24) is 13.9 Å². The average Bonchev–Trinajstić information content (AvgIpc) is 3.29. The molecule has 1 N–H and O–H groups in total. The molecule has 4 aromatic rings. The van der Waals surface area contributed by atoms with Gasteiger partial charge >= 0.3 is 5.97 Å². The maximum atomic E-state index is 13.3. The van der Waals surface area contributed by atoms with Gasteiger partial charge in [-0.2, -0.15) is 9.29 Å². The third-order valence-electron chi connectivity index (χ3n) is 6.99. The SMILES string of the molecule is CC(C)Oc1ccc(S(=O)(=O)N2CCC(c3cn(CC(=O)O)c4nc(OCc5ccccc5)ccc34)CC2)cc1. The number of benzene rings is 2. The van der Waals surface area contributed by atoms with E-state index in [1.165, 1.54) is 4.31 Å². The van der Waals surface area contributed by atoms with E-state index in [-0.39, 0.29) is 23.5 Å². The summed E-state index contributed by atoms with van der Waals surface area (Å²) < 4.78 is 41.3. The molecule has 0 saturated carbocycles. The van der Waals surface area contributed by atoms with Gasteiger partial charge in [0.15, 0.2) is 0 Å². The number of carboxylic acid groups (broad SMARTS) is 1. The second-order valence-electron chi connectivity index (χ2n) is 10.2. The number of carbonyl (C=O) groups is 1. The molecule has 5 rings (SSSR count). The molecule has 210 valence electrons. The number of aromatic nitrogens is 2. The predicted octanol–water partition coefficient (Wildman–Crippen LogP) is 5.06. The standard InChI is InChI=1S/C30H33N3O6S/c1-21(2)39-24-8-10-25(11-9-24)40(36,37)33-16-14-23(15-17-33)27-18-32(19-29(34)35)30-26(27)12-13-28(31-30)38-20-22-6-4-3-5-7-22/h3-13,18,21,23H,14-17,19-20H2,1-2H3,(H,34,35). The van der Waals surface area contributed by atoms with Gasteiger partial charge in [-0.05, 0) is 74.1 Å². The van der Waals surface area contributed by atoms with E-state index in [9.17, 15) is 18.3 Å². The summed E-state index contributed by atoms with van der Waals surface area (Å²) in [5.74, 6) is 0.154.